The highest BCUT2D eigenvalue weighted by molar-refractivity contribution is 7.12. The predicted octanol–water partition coefficient (Wildman–Crippen LogP) is 3.89. The topological polar surface area (TPSA) is 55.2 Å². The first-order valence-corrected chi connectivity index (χ1v) is 6.43. The van der Waals surface area contributed by atoms with E-state index in [1.807, 2.05) is 0 Å². The van der Waals surface area contributed by atoms with Crippen molar-refractivity contribution in [1.82, 2.24) is 0 Å². The maximum atomic E-state index is 10.9. The van der Waals surface area contributed by atoms with Gasteiger partial charge in [0.05, 0.1) is 4.92 Å². The number of aryl methyl sites for hydroxylation is 2. The maximum Gasteiger partial charge on any atom is 0.292 e. The van der Waals surface area contributed by atoms with Gasteiger partial charge in [-0.1, -0.05) is 12.1 Å². The molecule has 1 N–H and O–H groups in total. The van der Waals surface area contributed by atoms with Crippen molar-refractivity contribution >= 4 is 22.7 Å². The smallest absolute Gasteiger partial charge is 0.292 e. The van der Waals surface area contributed by atoms with Crippen molar-refractivity contribution in [3.8, 4) is 0 Å². The average molecular weight is 262 g/mol. The lowest BCUT2D eigenvalue weighted by atomic mass is 10.2. The number of thiophene rings is 1. The zero-order valence-electron chi connectivity index (χ0n) is 10.3. The number of rotatable bonds is 4. The van der Waals surface area contributed by atoms with Gasteiger partial charge in [0, 0.05) is 22.4 Å². The Morgan fingerprint density at radius 1 is 1.33 bits per heavy atom. The molecule has 2 rings (SSSR count). The SMILES string of the molecule is Cc1cc(CNc2ccccc2[N+](=O)[O-])sc1C. The lowest BCUT2D eigenvalue weighted by Crippen LogP contribution is -2.01. The van der Waals surface area contributed by atoms with Crippen LogP contribution >= 0.6 is 11.3 Å². The molecule has 5 heteroatoms. The van der Waals surface area contributed by atoms with Crippen LogP contribution in [-0.2, 0) is 6.54 Å². The van der Waals surface area contributed by atoms with Crippen LogP contribution in [0.25, 0.3) is 0 Å². The minimum absolute atomic E-state index is 0.113. The minimum atomic E-state index is -0.368. The number of hydrogen-bond acceptors (Lipinski definition) is 4. The van der Waals surface area contributed by atoms with Crippen LogP contribution < -0.4 is 5.32 Å². The molecule has 0 radical (unpaired) electrons. The zero-order valence-corrected chi connectivity index (χ0v) is 11.1. The molecule has 4 nitrogen and oxygen atoms in total. The summed E-state index contributed by atoms with van der Waals surface area (Å²) in [7, 11) is 0. The Bertz CT molecular complexity index is 559. The van der Waals surface area contributed by atoms with Gasteiger partial charge in [0.1, 0.15) is 5.69 Å². The quantitative estimate of drug-likeness (QED) is 0.672. The van der Waals surface area contributed by atoms with Gasteiger partial charge >= 0.3 is 0 Å². The van der Waals surface area contributed by atoms with Crippen LogP contribution in [0.3, 0.4) is 0 Å². The van der Waals surface area contributed by atoms with Crippen LogP contribution in [0.5, 0.6) is 0 Å². The molecule has 0 aliphatic rings. The monoisotopic (exact) mass is 262 g/mol. The second kappa shape index (κ2) is 5.18. The molecule has 0 atom stereocenters. The summed E-state index contributed by atoms with van der Waals surface area (Å²) in [5, 5.41) is 14.0. The lowest BCUT2D eigenvalue weighted by Gasteiger charge is -2.05. The number of hydrogen-bond donors (Lipinski definition) is 1. The highest BCUT2D eigenvalue weighted by atomic mass is 32.1. The summed E-state index contributed by atoms with van der Waals surface area (Å²) in [6.07, 6.45) is 0. The van der Waals surface area contributed by atoms with Crippen molar-refractivity contribution in [2.75, 3.05) is 5.32 Å². The first-order chi connectivity index (χ1) is 8.58. The summed E-state index contributed by atoms with van der Waals surface area (Å²) in [5.74, 6) is 0. The fourth-order valence-corrected chi connectivity index (χ4v) is 2.69. The summed E-state index contributed by atoms with van der Waals surface area (Å²) in [6.45, 7) is 4.76. The highest BCUT2D eigenvalue weighted by Gasteiger charge is 2.12. The Labute approximate surface area is 109 Å². The highest BCUT2D eigenvalue weighted by Crippen LogP contribution is 2.26. The summed E-state index contributed by atoms with van der Waals surface area (Å²) in [6, 6.07) is 8.81. The molecule has 0 bridgehead atoms. The molecule has 0 aliphatic carbocycles. The third-order valence-corrected chi connectivity index (χ3v) is 3.92. The van der Waals surface area contributed by atoms with Gasteiger partial charge in [-0.2, -0.15) is 0 Å². The molecule has 0 fully saturated rings. The standard InChI is InChI=1S/C13H14N2O2S/c1-9-7-11(18-10(9)2)8-14-12-5-3-4-6-13(12)15(16)17/h3-7,14H,8H2,1-2H3. The molecule has 2 aromatic rings. The normalized spacial score (nSPS) is 10.3. The van der Waals surface area contributed by atoms with E-state index in [9.17, 15) is 10.1 Å². The van der Waals surface area contributed by atoms with Gasteiger partial charge in [-0.3, -0.25) is 10.1 Å². The number of nitrogens with zero attached hydrogens (tertiary/aromatic N) is 1. The Hall–Kier alpha value is -1.88. The van der Waals surface area contributed by atoms with Gasteiger partial charge in [-0.15, -0.1) is 11.3 Å². The van der Waals surface area contributed by atoms with E-state index in [0.29, 0.717) is 12.2 Å². The van der Waals surface area contributed by atoms with Crippen LogP contribution in [0.15, 0.2) is 30.3 Å². The van der Waals surface area contributed by atoms with E-state index in [1.165, 1.54) is 21.4 Å². The molecular weight excluding hydrogens is 248 g/mol. The fraction of sp³-hybridized carbons (Fsp3) is 0.231. The Kier molecular flexibility index (Phi) is 3.62. The third kappa shape index (κ3) is 2.68. The van der Waals surface area contributed by atoms with Gasteiger partial charge in [0.15, 0.2) is 0 Å². The predicted molar refractivity (Wildman–Crippen MR) is 74.2 cm³/mol. The third-order valence-electron chi connectivity index (χ3n) is 2.77. The van der Waals surface area contributed by atoms with Crippen molar-refractivity contribution in [3.63, 3.8) is 0 Å². The number of para-hydroxylation sites is 2. The molecule has 0 spiro atoms. The van der Waals surface area contributed by atoms with Crippen molar-refractivity contribution in [3.05, 3.63) is 55.8 Å². The molecule has 0 unspecified atom stereocenters. The van der Waals surface area contributed by atoms with Gasteiger partial charge in [-0.05, 0) is 31.5 Å². The molecule has 1 aromatic heterocycles. The summed E-state index contributed by atoms with van der Waals surface area (Å²) >= 11 is 1.72. The molecule has 1 heterocycles. The van der Waals surface area contributed by atoms with Gasteiger partial charge in [0.2, 0.25) is 0 Å². The lowest BCUT2D eigenvalue weighted by molar-refractivity contribution is -0.384. The number of nitro benzene ring substituents is 1. The molecule has 0 saturated heterocycles. The summed E-state index contributed by atoms with van der Waals surface area (Å²) in [5.41, 5.74) is 1.94. The molecule has 94 valence electrons. The van der Waals surface area contributed by atoms with Crippen molar-refractivity contribution in [2.24, 2.45) is 0 Å². The molecule has 0 aliphatic heterocycles. The number of benzene rings is 1. The van der Waals surface area contributed by atoms with E-state index in [2.05, 4.69) is 25.2 Å². The van der Waals surface area contributed by atoms with Gasteiger partial charge in [0.25, 0.3) is 5.69 Å². The summed E-state index contributed by atoms with van der Waals surface area (Å²) in [4.78, 5) is 13.0. The Morgan fingerprint density at radius 2 is 2.06 bits per heavy atom. The van der Waals surface area contributed by atoms with Crippen molar-refractivity contribution in [2.45, 2.75) is 20.4 Å². The Morgan fingerprint density at radius 3 is 2.67 bits per heavy atom. The zero-order chi connectivity index (χ0) is 13.1. The van der Waals surface area contributed by atoms with Crippen LogP contribution in [0.2, 0.25) is 0 Å². The van der Waals surface area contributed by atoms with E-state index in [1.54, 1.807) is 29.5 Å². The number of anilines is 1. The van der Waals surface area contributed by atoms with E-state index < -0.39 is 0 Å². The number of nitrogens with one attached hydrogen (secondary N) is 1. The summed E-state index contributed by atoms with van der Waals surface area (Å²) < 4.78 is 0. The van der Waals surface area contributed by atoms with E-state index in [4.69, 9.17) is 0 Å². The fourth-order valence-electron chi connectivity index (χ4n) is 1.70. The first kappa shape index (κ1) is 12.6. The van der Waals surface area contributed by atoms with Crippen LogP contribution in [0, 0.1) is 24.0 Å². The van der Waals surface area contributed by atoms with E-state index >= 15 is 0 Å². The molecule has 18 heavy (non-hydrogen) atoms. The van der Waals surface area contributed by atoms with Crippen LogP contribution in [0.1, 0.15) is 15.3 Å². The first-order valence-electron chi connectivity index (χ1n) is 5.61. The minimum Gasteiger partial charge on any atom is -0.375 e. The Balaban J connectivity index is 2.13. The van der Waals surface area contributed by atoms with Gasteiger partial charge < -0.3 is 5.32 Å². The van der Waals surface area contributed by atoms with Crippen LogP contribution in [-0.4, -0.2) is 4.92 Å². The second-order valence-electron chi connectivity index (χ2n) is 4.08. The van der Waals surface area contributed by atoms with E-state index in [-0.39, 0.29) is 10.6 Å². The van der Waals surface area contributed by atoms with Crippen molar-refractivity contribution < 1.29 is 4.92 Å². The molecule has 0 amide bonds. The number of nitro groups is 1. The van der Waals surface area contributed by atoms with Gasteiger partial charge in [-0.25, -0.2) is 0 Å². The molecule has 1 aromatic carbocycles. The molecule has 0 saturated carbocycles. The largest absolute Gasteiger partial charge is 0.375 e. The van der Waals surface area contributed by atoms with Crippen molar-refractivity contribution in [1.29, 1.82) is 0 Å². The average Bonchev–Trinajstić information content (AvgIpc) is 2.66. The van der Waals surface area contributed by atoms with Crippen LogP contribution in [0.4, 0.5) is 11.4 Å². The van der Waals surface area contributed by atoms with E-state index in [0.717, 1.165) is 0 Å². The maximum absolute atomic E-state index is 10.9. The second-order valence-corrected chi connectivity index (χ2v) is 5.42. The molecular formula is C13H14N2O2S.